The molecule has 7 heteroatoms. The van der Waals surface area contributed by atoms with Gasteiger partial charge in [-0.3, -0.25) is 4.79 Å². The predicted molar refractivity (Wildman–Crippen MR) is 94.7 cm³/mol. The number of carbonyl (C=O) groups is 1. The van der Waals surface area contributed by atoms with Crippen LogP contribution in [0.1, 0.15) is 11.1 Å². The molecule has 1 atom stereocenters. The van der Waals surface area contributed by atoms with Crippen LogP contribution in [-0.4, -0.2) is 33.7 Å². The summed E-state index contributed by atoms with van der Waals surface area (Å²) in [7, 11) is 4.96. The van der Waals surface area contributed by atoms with E-state index in [1.807, 2.05) is 26.1 Å². The molecule has 26 heavy (non-hydrogen) atoms. The molecule has 5 nitrogen and oxygen atoms in total. The largest absolute Gasteiger partial charge is 0.493 e. The minimum atomic E-state index is -0.799. The highest BCUT2D eigenvalue weighted by Gasteiger charge is 2.17. The molecule has 2 aromatic carbocycles. The molecular formula is C19H23F2N2O3+. The highest BCUT2D eigenvalue weighted by molar-refractivity contribution is 5.91. The molecule has 0 bridgehead atoms. The lowest BCUT2D eigenvalue weighted by atomic mass is 10.1. The predicted octanol–water partition coefficient (Wildman–Crippen LogP) is 1.94. The van der Waals surface area contributed by atoms with Crippen LogP contribution in [-0.2, 0) is 11.3 Å². The molecule has 0 saturated carbocycles. The second-order valence-corrected chi connectivity index (χ2v) is 6.09. The summed E-state index contributed by atoms with van der Waals surface area (Å²) < 4.78 is 37.8. The van der Waals surface area contributed by atoms with Crippen LogP contribution < -0.4 is 19.7 Å². The molecule has 1 amide bonds. The van der Waals surface area contributed by atoms with Crippen LogP contribution in [0.4, 0.5) is 14.5 Å². The van der Waals surface area contributed by atoms with Gasteiger partial charge in [-0.05, 0) is 36.8 Å². The second kappa shape index (κ2) is 8.62. The van der Waals surface area contributed by atoms with Crippen molar-refractivity contribution in [2.75, 3.05) is 33.1 Å². The standard InChI is InChI=1S/C19H22F2N2O3/c1-12-8-16(25-3)17(26-4)9-13(12)10-23(2)11-18(24)22-19-14(20)6-5-7-15(19)21/h5-9H,10-11H2,1-4H3,(H,22,24)/p+1. The van der Waals surface area contributed by atoms with Gasteiger partial charge in [-0.1, -0.05) is 6.07 Å². The first-order chi connectivity index (χ1) is 12.3. The maximum Gasteiger partial charge on any atom is 0.279 e. The Morgan fingerprint density at radius 2 is 1.69 bits per heavy atom. The molecule has 0 radical (unpaired) electrons. The maximum atomic E-state index is 13.6. The Hall–Kier alpha value is -2.67. The third-order valence-electron chi connectivity index (χ3n) is 4.02. The number of hydrogen-bond acceptors (Lipinski definition) is 3. The summed E-state index contributed by atoms with van der Waals surface area (Å²) in [5, 5.41) is 2.30. The van der Waals surface area contributed by atoms with E-state index in [9.17, 15) is 13.6 Å². The first-order valence-corrected chi connectivity index (χ1v) is 8.12. The molecule has 2 N–H and O–H groups in total. The van der Waals surface area contributed by atoms with Gasteiger partial charge in [-0.25, -0.2) is 8.78 Å². The zero-order chi connectivity index (χ0) is 19.3. The number of hydrogen-bond donors (Lipinski definition) is 2. The minimum absolute atomic E-state index is 0.0571. The highest BCUT2D eigenvalue weighted by atomic mass is 19.1. The van der Waals surface area contributed by atoms with Gasteiger partial charge >= 0.3 is 0 Å². The lowest BCUT2D eigenvalue weighted by Gasteiger charge is -2.17. The summed E-state index contributed by atoms with van der Waals surface area (Å²) in [6.45, 7) is 2.54. The van der Waals surface area contributed by atoms with Crippen LogP contribution in [0.25, 0.3) is 0 Å². The fourth-order valence-electron chi connectivity index (χ4n) is 2.68. The van der Waals surface area contributed by atoms with E-state index in [1.54, 1.807) is 14.2 Å². The maximum absolute atomic E-state index is 13.6. The molecule has 0 aliphatic carbocycles. The lowest BCUT2D eigenvalue weighted by Crippen LogP contribution is -3.08. The van der Waals surface area contributed by atoms with Crippen LogP contribution in [0.2, 0.25) is 0 Å². The number of aryl methyl sites for hydroxylation is 1. The lowest BCUT2D eigenvalue weighted by molar-refractivity contribution is -0.885. The molecule has 0 heterocycles. The molecule has 0 fully saturated rings. The number of likely N-dealkylation sites (N-methyl/N-ethyl adjacent to an activating group) is 1. The molecule has 0 aliphatic heterocycles. The number of halogens is 2. The van der Waals surface area contributed by atoms with Crippen LogP contribution in [0.15, 0.2) is 30.3 Å². The van der Waals surface area contributed by atoms with E-state index in [0.717, 1.165) is 28.2 Å². The number of methoxy groups -OCH3 is 2. The van der Waals surface area contributed by atoms with Crippen molar-refractivity contribution in [1.29, 1.82) is 0 Å². The minimum Gasteiger partial charge on any atom is -0.493 e. The average molecular weight is 365 g/mol. The van der Waals surface area contributed by atoms with Gasteiger partial charge in [0.1, 0.15) is 23.9 Å². The Kier molecular flexibility index (Phi) is 6.52. The number of carbonyl (C=O) groups excluding carboxylic acids is 1. The van der Waals surface area contributed by atoms with E-state index >= 15 is 0 Å². The quantitative estimate of drug-likeness (QED) is 0.789. The number of ether oxygens (including phenoxy) is 2. The third-order valence-corrected chi connectivity index (χ3v) is 4.02. The van der Waals surface area contributed by atoms with Crippen molar-refractivity contribution in [2.45, 2.75) is 13.5 Å². The van der Waals surface area contributed by atoms with Gasteiger partial charge in [0, 0.05) is 5.56 Å². The summed E-state index contributed by atoms with van der Waals surface area (Å²) in [5.41, 5.74) is 1.57. The zero-order valence-corrected chi connectivity index (χ0v) is 15.3. The van der Waals surface area contributed by atoms with E-state index < -0.39 is 23.2 Å². The van der Waals surface area contributed by atoms with E-state index in [2.05, 4.69) is 5.32 Å². The highest BCUT2D eigenvalue weighted by Crippen LogP contribution is 2.29. The number of quaternary nitrogens is 1. The van der Waals surface area contributed by atoms with Crippen molar-refractivity contribution in [2.24, 2.45) is 0 Å². The number of para-hydroxylation sites is 1. The third kappa shape index (κ3) is 4.70. The molecular weight excluding hydrogens is 342 g/mol. The van der Waals surface area contributed by atoms with Crippen LogP contribution >= 0.6 is 0 Å². The fraction of sp³-hybridized carbons (Fsp3) is 0.316. The summed E-state index contributed by atoms with van der Waals surface area (Å²) in [4.78, 5) is 13.0. The van der Waals surface area contributed by atoms with Gasteiger partial charge in [0.25, 0.3) is 5.91 Å². The summed E-state index contributed by atoms with van der Waals surface area (Å²) in [6, 6.07) is 7.18. The molecule has 2 rings (SSSR count). The second-order valence-electron chi connectivity index (χ2n) is 6.09. The van der Waals surface area contributed by atoms with E-state index in [1.165, 1.54) is 6.07 Å². The van der Waals surface area contributed by atoms with Crippen molar-refractivity contribution < 1.29 is 27.9 Å². The molecule has 0 saturated heterocycles. The number of anilines is 1. The molecule has 0 aliphatic rings. The van der Waals surface area contributed by atoms with Crippen molar-refractivity contribution in [3.8, 4) is 11.5 Å². The normalized spacial score (nSPS) is 11.8. The summed E-state index contributed by atoms with van der Waals surface area (Å²) >= 11 is 0. The van der Waals surface area contributed by atoms with Crippen LogP contribution in [0, 0.1) is 18.6 Å². The number of nitrogens with one attached hydrogen (secondary N) is 2. The van der Waals surface area contributed by atoms with Gasteiger partial charge in [0.05, 0.1) is 21.3 Å². The van der Waals surface area contributed by atoms with E-state index in [0.29, 0.717) is 18.0 Å². The zero-order valence-electron chi connectivity index (χ0n) is 15.3. The van der Waals surface area contributed by atoms with E-state index in [-0.39, 0.29) is 6.54 Å². The monoisotopic (exact) mass is 365 g/mol. The number of benzene rings is 2. The Bertz CT molecular complexity index is 776. The SMILES string of the molecule is COc1cc(C)c(C[NH+](C)CC(=O)Nc2c(F)cccc2F)cc1OC. The van der Waals surface area contributed by atoms with Gasteiger partial charge in [-0.2, -0.15) is 0 Å². The Morgan fingerprint density at radius 3 is 2.27 bits per heavy atom. The molecule has 0 aromatic heterocycles. The number of amides is 1. The van der Waals surface area contributed by atoms with Crippen molar-refractivity contribution in [3.63, 3.8) is 0 Å². The topological polar surface area (TPSA) is 52.0 Å². The fourth-order valence-corrected chi connectivity index (χ4v) is 2.68. The average Bonchev–Trinajstić information content (AvgIpc) is 2.59. The van der Waals surface area contributed by atoms with Crippen LogP contribution in [0.5, 0.6) is 11.5 Å². The molecule has 2 aromatic rings. The molecule has 0 spiro atoms. The Morgan fingerprint density at radius 1 is 1.12 bits per heavy atom. The smallest absolute Gasteiger partial charge is 0.279 e. The van der Waals surface area contributed by atoms with Gasteiger partial charge in [0.2, 0.25) is 0 Å². The number of rotatable bonds is 7. The van der Waals surface area contributed by atoms with Gasteiger partial charge in [0.15, 0.2) is 18.0 Å². The first kappa shape index (κ1) is 19.7. The van der Waals surface area contributed by atoms with Crippen molar-refractivity contribution >= 4 is 11.6 Å². The van der Waals surface area contributed by atoms with Crippen molar-refractivity contribution in [1.82, 2.24) is 0 Å². The summed E-state index contributed by atoms with van der Waals surface area (Å²) in [6.07, 6.45) is 0. The summed E-state index contributed by atoms with van der Waals surface area (Å²) in [5.74, 6) is -0.818. The molecule has 140 valence electrons. The first-order valence-electron chi connectivity index (χ1n) is 8.12. The Labute approximate surface area is 151 Å². The van der Waals surface area contributed by atoms with Gasteiger partial charge in [-0.15, -0.1) is 0 Å². The van der Waals surface area contributed by atoms with Crippen molar-refractivity contribution in [3.05, 3.63) is 53.1 Å². The van der Waals surface area contributed by atoms with Crippen LogP contribution in [0.3, 0.4) is 0 Å². The molecule has 1 unspecified atom stereocenters. The van der Waals surface area contributed by atoms with E-state index in [4.69, 9.17) is 9.47 Å². The Balaban J connectivity index is 2.04. The van der Waals surface area contributed by atoms with Gasteiger partial charge < -0.3 is 19.7 Å².